The van der Waals surface area contributed by atoms with Crippen molar-refractivity contribution < 1.29 is 0 Å². The van der Waals surface area contributed by atoms with Crippen LogP contribution in [0.5, 0.6) is 0 Å². The van der Waals surface area contributed by atoms with Gasteiger partial charge in [-0.05, 0) is 30.0 Å². The van der Waals surface area contributed by atoms with Crippen LogP contribution in [0.1, 0.15) is 12.6 Å². The summed E-state index contributed by atoms with van der Waals surface area (Å²) < 4.78 is 1.26. The Morgan fingerprint density at radius 2 is 2.36 bits per heavy atom. The van der Waals surface area contributed by atoms with Crippen molar-refractivity contribution >= 4 is 27.0 Å². The third-order valence-corrected chi connectivity index (χ3v) is 2.93. The van der Waals surface area contributed by atoms with Gasteiger partial charge in [0.15, 0.2) is 0 Å². The van der Waals surface area contributed by atoms with E-state index in [1.807, 2.05) is 31.3 Å². The van der Waals surface area contributed by atoms with Crippen molar-refractivity contribution in [3.8, 4) is 0 Å². The first kappa shape index (κ1) is 9.16. The van der Waals surface area contributed by atoms with Gasteiger partial charge in [-0.2, -0.15) is 0 Å². The molecule has 0 spiro atoms. The van der Waals surface area contributed by atoms with Crippen LogP contribution in [0.4, 0.5) is 0 Å². The lowest BCUT2D eigenvalue weighted by molar-refractivity contribution is 1.32. The summed E-state index contributed by atoms with van der Waals surface area (Å²) in [4.78, 5) is 4.35. The number of aromatic nitrogens is 1. The molecule has 0 atom stereocenters. The summed E-state index contributed by atoms with van der Waals surface area (Å²) in [6, 6.07) is 4.13. The molecule has 0 saturated carbocycles. The van der Waals surface area contributed by atoms with Crippen molar-refractivity contribution in [1.82, 2.24) is 4.98 Å². The lowest BCUT2D eigenvalue weighted by Crippen LogP contribution is -1.84. The molecule has 0 aliphatic heterocycles. The molecular weight excluding hydrogens is 190 g/mol. The highest BCUT2D eigenvalue weighted by atomic mass is 32.1. The molecule has 0 aliphatic rings. The minimum Gasteiger partial charge on any atom is -0.256 e. The maximum absolute atomic E-state index is 4.35. The highest BCUT2D eigenvalue weighted by Gasteiger charge is 2.03. The van der Waals surface area contributed by atoms with Crippen molar-refractivity contribution in [3.05, 3.63) is 48.1 Å². The minimum absolute atomic E-state index is 0.969. The van der Waals surface area contributed by atoms with Crippen LogP contribution >= 0.6 is 11.3 Å². The molecule has 0 bridgehead atoms. The van der Waals surface area contributed by atoms with Crippen LogP contribution in [0.15, 0.2) is 42.4 Å². The average Bonchev–Trinajstić information content (AvgIpc) is 2.65. The van der Waals surface area contributed by atoms with E-state index in [1.54, 1.807) is 11.3 Å². The van der Waals surface area contributed by atoms with Gasteiger partial charge in [0.1, 0.15) is 0 Å². The van der Waals surface area contributed by atoms with Gasteiger partial charge in [-0.15, -0.1) is 11.3 Å². The summed E-state index contributed by atoms with van der Waals surface area (Å²) in [6.07, 6.45) is 5.80. The molecule has 2 heterocycles. The molecule has 14 heavy (non-hydrogen) atoms. The van der Waals surface area contributed by atoms with Gasteiger partial charge in [-0.3, -0.25) is 4.98 Å². The molecule has 2 rings (SSSR count). The number of hydrogen-bond donors (Lipinski definition) is 0. The maximum Gasteiger partial charge on any atom is 0.0782 e. The lowest BCUT2D eigenvalue weighted by Gasteiger charge is -2.00. The van der Waals surface area contributed by atoms with Crippen LogP contribution in [0.2, 0.25) is 0 Å². The van der Waals surface area contributed by atoms with E-state index in [2.05, 4.69) is 23.0 Å². The fourth-order valence-electron chi connectivity index (χ4n) is 1.43. The third kappa shape index (κ3) is 1.49. The van der Waals surface area contributed by atoms with Crippen molar-refractivity contribution in [2.75, 3.05) is 0 Å². The fraction of sp³-hybridized carbons (Fsp3) is 0.0833. The van der Waals surface area contributed by atoms with E-state index in [1.165, 1.54) is 10.1 Å². The number of hydrogen-bond acceptors (Lipinski definition) is 2. The van der Waals surface area contributed by atoms with Gasteiger partial charge >= 0.3 is 0 Å². The first-order valence-electron chi connectivity index (χ1n) is 4.47. The summed E-state index contributed by atoms with van der Waals surface area (Å²) in [5.74, 6) is 0. The Bertz CT molecular complexity index is 494. The van der Waals surface area contributed by atoms with Gasteiger partial charge in [0, 0.05) is 16.3 Å². The largest absolute Gasteiger partial charge is 0.256 e. The second-order valence-electron chi connectivity index (χ2n) is 3.02. The number of rotatable bonds is 2. The van der Waals surface area contributed by atoms with Crippen molar-refractivity contribution in [2.45, 2.75) is 6.92 Å². The summed E-state index contributed by atoms with van der Waals surface area (Å²) in [6.45, 7) is 5.98. The Kier molecular flexibility index (Phi) is 2.46. The van der Waals surface area contributed by atoms with E-state index in [-0.39, 0.29) is 0 Å². The molecule has 0 amide bonds. The van der Waals surface area contributed by atoms with Gasteiger partial charge in [0.2, 0.25) is 0 Å². The van der Waals surface area contributed by atoms with E-state index >= 15 is 0 Å². The Balaban J connectivity index is 2.61. The molecule has 2 aromatic heterocycles. The number of allylic oxidation sites excluding steroid dienone is 3. The molecule has 70 valence electrons. The molecular formula is C12H11NS. The molecule has 2 heteroatoms. The molecule has 0 aliphatic carbocycles. The first-order valence-corrected chi connectivity index (χ1v) is 5.35. The zero-order valence-electron chi connectivity index (χ0n) is 8.03. The Hall–Kier alpha value is -1.41. The Morgan fingerprint density at radius 1 is 1.50 bits per heavy atom. The van der Waals surface area contributed by atoms with Crippen LogP contribution in [-0.2, 0) is 0 Å². The van der Waals surface area contributed by atoms with Gasteiger partial charge in [0.05, 0.1) is 5.69 Å². The molecule has 1 nitrogen and oxygen atoms in total. The second kappa shape index (κ2) is 3.76. The summed E-state index contributed by atoms with van der Waals surface area (Å²) in [5.41, 5.74) is 1.96. The standard InChI is InChI=1S/C12H11NS/c1-3-4-9(2)12-10-6-8-14-11(10)5-7-13-12/h3-8H,2H2,1H3/b4-3-. The number of pyridine rings is 1. The smallest absolute Gasteiger partial charge is 0.0782 e. The van der Waals surface area contributed by atoms with E-state index in [9.17, 15) is 0 Å². The van der Waals surface area contributed by atoms with Crippen molar-refractivity contribution in [1.29, 1.82) is 0 Å². The third-order valence-electron chi connectivity index (χ3n) is 2.05. The summed E-state index contributed by atoms with van der Waals surface area (Å²) in [7, 11) is 0. The predicted octanol–water partition coefficient (Wildman–Crippen LogP) is 3.89. The summed E-state index contributed by atoms with van der Waals surface area (Å²) in [5, 5.41) is 3.28. The quantitative estimate of drug-likeness (QED) is 0.672. The van der Waals surface area contributed by atoms with Crippen LogP contribution in [0.3, 0.4) is 0 Å². The number of thiophene rings is 1. The van der Waals surface area contributed by atoms with Crippen molar-refractivity contribution in [2.24, 2.45) is 0 Å². The highest BCUT2D eigenvalue weighted by molar-refractivity contribution is 7.17. The normalized spacial score (nSPS) is 11.2. The Morgan fingerprint density at radius 3 is 3.14 bits per heavy atom. The van der Waals surface area contributed by atoms with Gasteiger partial charge in [-0.1, -0.05) is 18.7 Å². The second-order valence-corrected chi connectivity index (χ2v) is 3.96. The van der Waals surface area contributed by atoms with Gasteiger partial charge in [-0.25, -0.2) is 0 Å². The molecule has 0 saturated heterocycles. The molecule has 0 aromatic carbocycles. The SMILES string of the molecule is C=C(/C=C\C)c1nccc2sccc12. The fourth-order valence-corrected chi connectivity index (χ4v) is 2.21. The van der Waals surface area contributed by atoms with Gasteiger partial charge < -0.3 is 0 Å². The molecule has 0 N–H and O–H groups in total. The Labute approximate surface area is 87.4 Å². The maximum atomic E-state index is 4.35. The molecule has 0 radical (unpaired) electrons. The predicted molar refractivity (Wildman–Crippen MR) is 63.5 cm³/mol. The van der Waals surface area contributed by atoms with Gasteiger partial charge in [0.25, 0.3) is 0 Å². The zero-order chi connectivity index (χ0) is 9.97. The molecule has 2 aromatic rings. The van der Waals surface area contributed by atoms with Crippen LogP contribution in [-0.4, -0.2) is 4.98 Å². The van der Waals surface area contributed by atoms with Crippen LogP contribution < -0.4 is 0 Å². The van der Waals surface area contributed by atoms with E-state index in [4.69, 9.17) is 0 Å². The van der Waals surface area contributed by atoms with E-state index in [0.29, 0.717) is 0 Å². The van der Waals surface area contributed by atoms with E-state index in [0.717, 1.165) is 11.3 Å². The lowest BCUT2D eigenvalue weighted by atomic mass is 10.1. The first-order chi connectivity index (χ1) is 6.83. The van der Waals surface area contributed by atoms with Crippen molar-refractivity contribution in [3.63, 3.8) is 0 Å². The minimum atomic E-state index is 0.969. The summed E-state index contributed by atoms with van der Waals surface area (Å²) >= 11 is 1.73. The average molecular weight is 201 g/mol. The van der Waals surface area contributed by atoms with Crippen LogP contribution in [0.25, 0.3) is 15.7 Å². The topological polar surface area (TPSA) is 12.9 Å². The molecule has 0 fully saturated rings. The highest BCUT2D eigenvalue weighted by Crippen LogP contribution is 2.26. The van der Waals surface area contributed by atoms with E-state index < -0.39 is 0 Å². The number of nitrogens with zero attached hydrogens (tertiary/aromatic N) is 1. The molecule has 0 unspecified atom stereocenters. The monoisotopic (exact) mass is 201 g/mol. The van der Waals surface area contributed by atoms with Crippen LogP contribution in [0, 0.1) is 0 Å². The number of fused-ring (bicyclic) bond motifs is 1. The zero-order valence-corrected chi connectivity index (χ0v) is 8.84.